The van der Waals surface area contributed by atoms with Crippen LogP contribution < -0.4 is 5.73 Å². The lowest BCUT2D eigenvalue weighted by atomic mass is 9.93. The number of piperidine rings is 1. The molecule has 0 aromatic heterocycles. The van der Waals surface area contributed by atoms with Crippen molar-refractivity contribution in [2.24, 2.45) is 11.7 Å². The Bertz CT molecular complexity index is 588. The van der Waals surface area contributed by atoms with Crippen molar-refractivity contribution in [2.45, 2.75) is 32.7 Å². The van der Waals surface area contributed by atoms with Crippen LogP contribution in [0, 0.1) is 23.6 Å². The van der Waals surface area contributed by atoms with Crippen LogP contribution in [-0.4, -0.2) is 29.9 Å². The van der Waals surface area contributed by atoms with E-state index in [1.54, 1.807) is 6.07 Å². The first-order chi connectivity index (χ1) is 10.0. The second-order valence-electron chi connectivity index (χ2n) is 5.68. The minimum atomic E-state index is -0.422. The average Bonchev–Trinajstić information content (AvgIpc) is 2.47. The summed E-state index contributed by atoms with van der Waals surface area (Å²) >= 11 is 0. The van der Waals surface area contributed by atoms with E-state index in [1.165, 1.54) is 12.1 Å². The first kappa shape index (κ1) is 15.5. The number of hydrogen-bond donors (Lipinski definition) is 1. The van der Waals surface area contributed by atoms with Crippen molar-refractivity contribution in [3.05, 3.63) is 35.1 Å². The van der Waals surface area contributed by atoms with E-state index in [1.807, 2.05) is 11.8 Å². The molecule has 21 heavy (non-hydrogen) atoms. The molecule has 0 saturated carbocycles. The van der Waals surface area contributed by atoms with Gasteiger partial charge in [-0.2, -0.15) is 0 Å². The lowest BCUT2D eigenvalue weighted by Crippen LogP contribution is -2.45. The average molecular weight is 288 g/mol. The van der Waals surface area contributed by atoms with Gasteiger partial charge in [-0.3, -0.25) is 4.79 Å². The standard InChI is InChI=1S/C17H21FN2O/c1-12-5-6-13(2)20(11-12)17(21)16-10-15(18)8-7-14(16)4-3-9-19/h7-8,10,12-13H,5-6,9,11,19H2,1-2H3. The lowest BCUT2D eigenvalue weighted by Gasteiger charge is -2.37. The number of benzene rings is 1. The van der Waals surface area contributed by atoms with Crippen LogP contribution in [-0.2, 0) is 0 Å². The molecule has 1 saturated heterocycles. The van der Waals surface area contributed by atoms with Crippen LogP contribution >= 0.6 is 0 Å². The normalized spacial score (nSPS) is 21.6. The molecule has 2 atom stereocenters. The van der Waals surface area contributed by atoms with Gasteiger partial charge in [0.2, 0.25) is 0 Å². The number of nitrogens with two attached hydrogens (primary N) is 1. The van der Waals surface area contributed by atoms with Crippen LogP contribution in [0.1, 0.15) is 42.6 Å². The highest BCUT2D eigenvalue weighted by Crippen LogP contribution is 2.24. The fourth-order valence-electron chi connectivity index (χ4n) is 2.68. The number of carbonyl (C=O) groups is 1. The van der Waals surface area contributed by atoms with Gasteiger partial charge in [-0.25, -0.2) is 4.39 Å². The Morgan fingerprint density at radius 3 is 2.90 bits per heavy atom. The molecule has 2 unspecified atom stereocenters. The molecule has 1 aliphatic heterocycles. The fourth-order valence-corrected chi connectivity index (χ4v) is 2.68. The zero-order chi connectivity index (χ0) is 15.4. The molecular weight excluding hydrogens is 267 g/mol. The van der Waals surface area contributed by atoms with Gasteiger partial charge in [0.15, 0.2) is 0 Å². The molecule has 4 heteroatoms. The molecule has 1 aromatic carbocycles. The van der Waals surface area contributed by atoms with E-state index in [0.717, 1.165) is 12.8 Å². The molecule has 1 aromatic rings. The van der Waals surface area contributed by atoms with E-state index in [-0.39, 0.29) is 18.5 Å². The summed E-state index contributed by atoms with van der Waals surface area (Å²) in [4.78, 5) is 14.6. The Kier molecular flexibility index (Phi) is 4.98. The summed E-state index contributed by atoms with van der Waals surface area (Å²) in [6, 6.07) is 4.31. The van der Waals surface area contributed by atoms with Crippen molar-refractivity contribution in [1.29, 1.82) is 0 Å². The lowest BCUT2D eigenvalue weighted by molar-refractivity contribution is 0.0573. The van der Waals surface area contributed by atoms with Crippen LogP contribution in [0.2, 0.25) is 0 Å². The predicted molar refractivity (Wildman–Crippen MR) is 81.2 cm³/mol. The smallest absolute Gasteiger partial charge is 0.255 e. The van der Waals surface area contributed by atoms with E-state index in [9.17, 15) is 9.18 Å². The van der Waals surface area contributed by atoms with Gasteiger partial charge in [0.05, 0.1) is 12.1 Å². The molecule has 0 radical (unpaired) electrons. The van der Waals surface area contributed by atoms with Crippen LogP contribution in [0.5, 0.6) is 0 Å². The molecule has 1 aliphatic rings. The molecule has 1 fully saturated rings. The number of hydrogen-bond acceptors (Lipinski definition) is 2. The van der Waals surface area contributed by atoms with Crippen molar-refractivity contribution in [3.8, 4) is 11.8 Å². The quantitative estimate of drug-likeness (QED) is 0.807. The predicted octanol–water partition coefficient (Wildman–Crippen LogP) is 2.40. The summed E-state index contributed by atoms with van der Waals surface area (Å²) < 4.78 is 13.5. The first-order valence-corrected chi connectivity index (χ1v) is 7.32. The topological polar surface area (TPSA) is 46.3 Å². The van der Waals surface area contributed by atoms with Crippen LogP contribution in [0.15, 0.2) is 18.2 Å². The Hall–Kier alpha value is -1.86. The van der Waals surface area contributed by atoms with E-state index in [0.29, 0.717) is 23.6 Å². The molecular formula is C17H21FN2O. The number of likely N-dealkylation sites (tertiary alicyclic amines) is 1. The van der Waals surface area contributed by atoms with Crippen molar-refractivity contribution in [3.63, 3.8) is 0 Å². The summed E-state index contributed by atoms with van der Waals surface area (Å²) in [5, 5.41) is 0. The van der Waals surface area contributed by atoms with Gasteiger partial charge in [0.1, 0.15) is 5.82 Å². The maximum atomic E-state index is 13.5. The third-order valence-electron chi connectivity index (χ3n) is 3.92. The third-order valence-corrected chi connectivity index (χ3v) is 3.92. The molecule has 0 spiro atoms. The Balaban J connectivity index is 2.35. The number of amides is 1. The second kappa shape index (κ2) is 6.73. The monoisotopic (exact) mass is 288 g/mol. The number of halogens is 1. The molecule has 1 amide bonds. The van der Waals surface area contributed by atoms with E-state index in [4.69, 9.17) is 5.73 Å². The Morgan fingerprint density at radius 2 is 2.19 bits per heavy atom. The molecule has 3 nitrogen and oxygen atoms in total. The highest BCUT2D eigenvalue weighted by atomic mass is 19.1. The molecule has 2 N–H and O–H groups in total. The summed E-state index contributed by atoms with van der Waals surface area (Å²) in [5.41, 5.74) is 6.24. The minimum absolute atomic E-state index is 0.144. The van der Waals surface area contributed by atoms with E-state index >= 15 is 0 Å². The number of rotatable bonds is 1. The molecule has 0 aliphatic carbocycles. The summed E-state index contributed by atoms with van der Waals surface area (Å²) in [6.45, 7) is 5.09. The summed E-state index contributed by atoms with van der Waals surface area (Å²) in [5.74, 6) is 5.49. The number of nitrogens with zero attached hydrogens (tertiary/aromatic N) is 1. The molecule has 1 heterocycles. The van der Waals surface area contributed by atoms with Gasteiger partial charge in [0.25, 0.3) is 5.91 Å². The van der Waals surface area contributed by atoms with Gasteiger partial charge in [-0.1, -0.05) is 18.8 Å². The Morgan fingerprint density at radius 1 is 1.43 bits per heavy atom. The molecule has 2 rings (SSSR count). The van der Waals surface area contributed by atoms with E-state index in [2.05, 4.69) is 18.8 Å². The van der Waals surface area contributed by atoms with Gasteiger partial charge >= 0.3 is 0 Å². The zero-order valence-corrected chi connectivity index (χ0v) is 12.5. The minimum Gasteiger partial charge on any atom is -0.336 e. The third kappa shape index (κ3) is 3.62. The first-order valence-electron chi connectivity index (χ1n) is 7.32. The fraction of sp³-hybridized carbons (Fsp3) is 0.471. The van der Waals surface area contributed by atoms with Crippen molar-refractivity contribution in [2.75, 3.05) is 13.1 Å². The highest BCUT2D eigenvalue weighted by molar-refractivity contribution is 5.97. The van der Waals surface area contributed by atoms with Gasteiger partial charge < -0.3 is 10.6 Å². The SMILES string of the molecule is CC1CCC(C)N(C(=O)c2cc(F)ccc2C#CCN)C1. The largest absolute Gasteiger partial charge is 0.336 e. The van der Waals surface area contributed by atoms with Gasteiger partial charge in [0, 0.05) is 18.2 Å². The van der Waals surface area contributed by atoms with Crippen molar-refractivity contribution in [1.82, 2.24) is 4.90 Å². The maximum Gasteiger partial charge on any atom is 0.255 e. The zero-order valence-electron chi connectivity index (χ0n) is 12.5. The summed E-state index contributed by atoms with van der Waals surface area (Å²) in [7, 11) is 0. The molecule has 112 valence electrons. The van der Waals surface area contributed by atoms with Crippen LogP contribution in [0.3, 0.4) is 0 Å². The van der Waals surface area contributed by atoms with Crippen LogP contribution in [0.4, 0.5) is 4.39 Å². The number of carbonyl (C=O) groups excluding carboxylic acids is 1. The van der Waals surface area contributed by atoms with E-state index < -0.39 is 5.82 Å². The molecule has 0 bridgehead atoms. The Labute approximate surface area is 125 Å². The second-order valence-corrected chi connectivity index (χ2v) is 5.68. The van der Waals surface area contributed by atoms with Crippen molar-refractivity contribution >= 4 is 5.91 Å². The van der Waals surface area contributed by atoms with Gasteiger partial charge in [-0.15, -0.1) is 0 Å². The maximum absolute atomic E-state index is 13.5. The van der Waals surface area contributed by atoms with Gasteiger partial charge in [-0.05, 0) is 43.9 Å². The summed E-state index contributed by atoms with van der Waals surface area (Å²) in [6.07, 6.45) is 2.10. The van der Waals surface area contributed by atoms with Crippen molar-refractivity contribution < 1.29 is 9.18 Å². The van der Waals surface area contributed by atoms with Crippen LogP contribution in [0.25, 0.3) is 0 Å². The highest BCUT2D eigenvalue weighted by Gasteiger charge is 2.28.